The van der Waals surface area contributed by atoms with Crippen LogP contribution < -0.4 is 5.32 Å². The molecule has 1 N–H and O–H groups in total. The third-order valence-electron chi connectivity index (χ3n) is 5.22. The van der Waals surface area contributed by atoms with E-state index in [9.17, 15) is 4.79 Å². The number of ketones is 1. The normalized spacial score (nSPS) is 10.6. The number of nitrogens with zero attached hydrogens (tertiary/aromatic N) is 1. The van der Waals surface area contributed by atoms with Crippen LogP contribution in [0.2, 0.25) is 0 Å². The highest BCUT2D eigenvalue weighted by molar-refractivity contribution is 6.07. The van der Waals surface area contributed by atoms with Crippen molar-refractivity contribution in [2.75, 3.05) is 5.32 Å². The molecule has 3 nitrogen and oxygen atoms in total. The van der Waals surface area contributed by atoms with Gasteiger partial charge in [-0.25, -0.2) is 4.98 Å². The van der Waals surface area contributed by atoms with Gasteiger partial charge >= 0.3 is 0 Å². The van der Waals surface area contributed by atoms with Gasteiger partial charge in [0.05, 0.1) is 11.3 Å². The van der Waals surface area contributed by atoms with Crippen LogP contribution >= 0.6 is 0 Å². The van der Waals surface area contributed by atoms with Crippen molar-refractivity contribution in [3.05, 3.63) is 102 Å². The van der Waals surface area contributed by atoms with E-state index in [-0.39, 0.29) is 5.78 Å². The molecule has 0 aliphatic heterocycles. The van der Waals surface area contributed by atoms with Gasteiger partial charge in [-0.2, -0.15) is 0 Å². The van der Waals surface area contributed by atoms with E-state index in [0.29, 0.717) is 11.4 Å². The van der Waals surface area contributed by atoms with Gasteiger partial charge in [-0.15, -0.1) is 0 Å². The zero-order valence-electron chi connectivity index (χ0n) is 17.4. The highest BCUT2D eigenvalue weighted by Crippen LogP contribution is 2.38. The summed E-state index contributed by atoms with van der Waals surface area (Å²) in [4.78, 5) is 17.8. The summed E-state index contributed by atoms with van der Waals surface area (Å²) in [6.45, 7) is 5.70. The Labute approximate surface area is 177 Å². The molecule has 3 aromatic carbocycles. The van der Waals surface area contributed by atoms with Gasteiger partial charge in [0.15, 0.2) is 5.78 Å². The molecule has 0 radical (unpaired) electrons. The van der Waals surface area contributed by atoms with Crippen LogP contribution in [0.5, 0.6) is 0 Å². The molecule has 4 rings (SSSR count). The lowest BCUT2D eigenvalue weighted by atomic mass is 9.91. The van der Waals surface area contributed by atoms with E-state index in [1.807, 2.05) is 91.9 Å². The van der Waals surface area contributed by atoms with Gasteiger partial charge in [0.25, 0.3) is 0 Å². The summed E-state index contributed by atoms with van der Waals surface area (Å²) in [5.74, 6) is 0.563. The van der Waals surface area contributed by atoms with E-state index >= 15 is 0 Å². The average Bonchev–Trinajstić information content (AvgIpc) is 2.77. The van der Waals surface area contributed by atoms with Gasteiger partial charge in [0.2, 0.25) is 0 Å². The number of carbonyl (C=O) groups excluding carboxylic acids is 1. The SMILES string of the molecule is CC(=O)c1c(Nc2ccc(C)cc2)nc(-c2ccccc2)c(C)c1-c1ccccc1. The second-order valence-corrected chi connectivity index (χ2v) is 7.46. The molecule has 0 unspecified atom stereocenters. The summed E-state index contributed by atoms with van der Waals surface area (Å²) in [7, 11) is 0. The summed E-state index contributed by atoms with van der Waals surface area (Å²) < 4.78 is 0. The zero-order valence-corrected chi connectivity index (χ0v) is 17.4. The minimum atomic E-state index is -0.0151. The largest absolute Gasteiger partial charge is 0.340 e. The zero-order chi connectivity index (χ0) is 21.1. The Bertz CT molecular complexity index is 1180. The van der Waals surface area contributed by atoms with Gasteiger partial charge in [0, 0.05) is 16.8 Å². The number of benzene rings is 3. The van der Waals surface area contributed by atoms with Crippen LogP contribution in [0.1, 0.15) is 28.4 Å². The third kappa shape index (κ3) is 3.87. The molecular weight excluding hydrogens is 368 g/mol. The van der Waals surface area contributed by atoms with Gasteiger partial charge in [-0.3, -0.25) is 4.79 Å². The van der Waals surface area contributed by atoms with Crippen LogP contribution in [0.15, 0.2) is 84.9 Å². The standard InChI is InChI=1S/C27H24N2O/c1-18-14-16-23(17-15-18)28-27-25(20(3)30)24(21-10-6-4-7-11-21)19(2)26(29-27)22-12-8-5-9-13-22/h4-17H,1-3H3,(H,28,29). The second kappa shape index (κ2) is 8.34. The first-order chi connectivity index (χ1) is 14.5. The number of hydrogen-bond acceptors (Lipinski definition) is 3. The summed E-state index contributed by atoms with van der Waals surface area (Å²) in [5.41, 5.74) is 7.50. The van der Waals surface area contributed by atoms with Gasteiger partial charge in [-0.1, -0.05) is 78.4 Å². The molecule has 0 aliphatic carbocycles. The van der Waals surface area contributed by atoms with E-state index in [4.69, 9.17) is 4.98 Å². The Morgan fingerprint density at radius 3 is 1.90 bits per heavy atom. The van der Waals surface area contributed by atoms with Crippen LogP contribution in [-0.2, 0) is 0 Å². The van der Waals surface area contributed by atoms with E-state index in [1.165, 1.54) is 5.56 Å². The predicted molar refractivity (Wildman–Crippen MR) is 124 cm³/mol. The predicted octanol–water partition coefficient (Wildman–Crippen LogP) is 6.98. The first-order valence-corrected chi connectivity index (χ1v) is 10.0. The number of aryl methyl sites for hydroxylation is 1. The van der Waals surface area contributed by atoms with Crippen LogP contribution in [-0.4, -0.2) is 10.8 Å². The summed E-state index contributed by atoms with van der Waals surface area (Å²) >= 11 is 0. The highest BCUT2D eigenvalue weighted by atomic mass is 16.1. The number of hydrogen-bond donors (Lipinski definition) is 1. The molecule has 0 atom stereocenters. The Morgan fingerprint density at radius 2 is 1.33 bits per heavy atom. The minimum absolute atomic E-state index is 0.0151. The van der Waals surface area contributed by atoms with Gasteiger partial charge in [0.1, 0.15) is 5.82 Å². The van der Waals surface area contributed by atoms with E-state index in [1.54, 1.807) is 6.92 Å². The first-order valence-electron chi connectivity index (χ1n) is 10.0. The first kappa shape index (κ1) is 19.6. The lowest BCUT2D eigenvalue weighted by Gasteiger charge is -2.20. The molecule has 0 fully saturated rings. The number of Topliss-reactive ketones (excluding diaryl/α,β-unsaturated/α-hetero) is 1. The summed E-state index contributed by atoms with van der Waals surface area (Å²) in [6, 6.07) is 28.2. The van der Waals surface area contributed by atoms with Crippen molar-refractivity contribution < 1.29 is 4.79 Å². The van der Waals surface area contributed by atoms with Crippen molar-refractivity contribution in [3.63, 3.8) is 0 Å². The fourth-order valence-corrected chi connectivity index (χ4v) is 3.73. The Balaban J connectivity index is 2.00. The maximum atomic E-state index is 12.8. The Morgan fingerprint density at radius 1 is 0.767 bits per heavy atom. The molecule has 1 aromatic heterocycles. The molecule has 0 saturated heterocycles. The summed E-state index contributed by atoms with van der Waals surface area (Å²) in [5, 5.41) is 3.40. The van der Waals surface area contributed by atoms with E-state index < -0.39 is 0 Å². The van der Waals surface area contributed by atoms with Crippen LogP contribution in [0, 0.1) is 13.8 Å². The van der Waals surface area contributed by atoms with E-state index in [0.717, 1.165) is 33.6 Å². The Kier molecular flexibility index (Phi) is 5.44. The average molecular weight is 393 g/mol. The molecule has 1 heterocycles. The topological polar surface area (TPSA) is 42.0 Å². The molecule has 30 heavy (non-hydrogen) atoms. The van der Waals surface area contributed by atoms with Crippen molar-refractivity contribution in [1.29, 1.82) is 0 Å². The fraction of sp³-hybridized carbons (Fsp3) is 0.111. The van der Waals surface area contributed by atoms with Gasteiger partial charge < -0.3 is 5.32 Å². The third-order valence-corrected chi connectivity index (χ3v) is 5.22. The number of rotatable bonds is 5. The molecule has 0 saturated carbocycles. The van der Waals surface area contributed by atoms with Crippen molar-refractivity contribution in [2.24, 2.45) is 0 Å². The molecule has 0 spiro atoms. The van der Waals surface area contributed by atoms with Crippen molar-refractivity contribution in [1.82, 2.24) is 4.98 Å². The summed E-state index contributed by atoms with van der Waals surface area (Å²) in [6.07, 6.45) is 0. The number of aromatic nitrogens is 1. The molecule has 0 bridgehead atoms. The van der Waals surface area contributed by atoms with Crippen molar-refractivity contribution >= 4 is 17.3 Å². The molecule has 148 valence electrons. The lowest BCUT2D eigenvalue weighted by Crippen LogP contribution is -2.09. The monoisotopic (exact) mass is 392 g/mol. The maximum Gasteiger partial charge on any atom is 0.164 e. The quantitative estimate of drug-likeness (QED) is 0.373. The molecule has 3 heteroatoms. The van der Waals surface area contributed by atoms with Crippen LogP contribution in [0.3, 0.4) is 0 Å². The molecule has 0 aliphatic rings. The Hall–Kier alpha value is -3.72. The van der Waals surface area contributed by atoms with Gasteiger partial charge in [-0.05, 0) is 44.0 Å². The fourth-order valence-electron chi connectivity index (χ4n) is 3.73. The minimum Gasteiger partial charge on any atom is -0.340 e. The van der Waals surface area contributed by atoms with Crippen molar-refractivity contribution in [3.8, 4) is 22.4 Å². The number of anilines is 2. The molecule has 0 amide bonds. The molecule has 4 aromatic rings. The van der Waals surface area contributed by atoms with Crippen LogP contribution in [0.4, 0.5) is 11.5 Å². The number of carbonyl (C=O) groups is 1. The highest BCUT2D eigenvalue weighted by Gasteiger charge is 2.22. The lowest BCUT2D eigenvalue weighted by molar-refractivity contribution is 0.101. The number of nitrogens with one attached hydrogen (secondary N) is 1. The maximum absolute atomic E-state index is 12.8. The smallest absolute Gasteiger partial charge is 0.164 e. The second-order valence-electron chi connectivity index (χ2n) is 7.46. The van der Waals surface area contributed by atoms with Crippen LogP contribution in [0.25, 0.3) is 22.4 Å². The van der Waals surface area contributed by atoms with E-state index in [2.05, 4.69) is 12.2 Å². The molecular formula is C27H24N2O. The number of pyridine rings is 1. The van der Waals surface area contributed by atoms with Crippen molar-refractivity contribution in [2.45, 2.75) is 20.8 Å².